The first-order chi connectivity index (χ1) is 9.08. The number of nitrogens with zero attached hydrogens (tertiary/aromatic N) is 2. The van der Waals surface area contributed by atoms with Crippen LogP contribution in [0, 0.1) is 5.92 Å². The number of carboxylic acid groups (broad SMARTS) is 1. The van der Waals surface area contributed by atoms with Crippen LogP contribution < -0.4 is 10.6 Å². The van der Waals surface area contributed by atoms with Gasteiger partial charge in [-0.15, -0.1) is 0 Å². The molecule has 1 aromatic rings. The van der Waals surface area contributed by atoms with E-state index < -0.39 is 24.0 Å². The first-order valence-corrected chi connectivity index (χ1v) is 5.89. The third-order valence-electron chi connectivity index (χ3n) is 3.07. The molecule has 1 saturated heterocycles. The second-order valence-corrected chi connectivity index (χ2v) is 4.36. The molecule has 2 atom stereocenters. The van der Waals surface area contributed by atoms with Crippen LogP contribution in [0.5, 0.6) is 0 Å². The molecule has 1 aromatic heterocycles. The predicted molar refractivity (Wildman–Crippen MR) is 64.3 cm³/mol. The Morgan fingerprint density at radius 2 is 2.37 bits per heavy atom. The summed E-state index contributed by atoms with van der Waals surface area (Å²) in [5.41, 5.74) is 0.854. The molecule has 0 aromatic carbocycles. The summed E-state index contributed by atoms with van der Waals surface area (Å²) < 4.78 is 6.72. The van der Waals surface area contributed by atoms with Crippen LogP contribution >= 0.6 is 0 Å². The molecule has 0 saturated carbocycles. The lowest BCUT2D eigenvalue weighted by molar-refractivity contribution is -0.142. The number of ether oxygens (including phenoxy) is 1. The number of urea groups is 1. The molecule has 1 aliphatic rings. The SMILES string of the molecule is Cn1nccc1CNC(=O)NC1COCC1C(=O)O. The van der Waals surface area contributed by atoms with Gasteiger partial charge in [0.25, 0.3) is 0 Å². The van der Waals surface area contributed by atoms with E-state index in [2.05, 4.69) is 15.7 Å². The van der Waals surface area contributed by atoms with E-state index in [-0.39, 0.29) is 13.2 Å². The minimum Gasteiger partial charge on any atom is -0.481 e. The van der Waals surface area contributed by atoms with Gasteiger partial charge in [-0.25, -0.2) is 4.79 Å². The molecule has 2 unspecified atom stereocenters. The van der Waals surface area contributed by atoms with E-state index in [0.717, 1.165) is 5.69 Å². The monoisotopic (exact) mass is 268 g/mol. The first kappa shape index (κ1) is 13.3. The average Bonchev–Trinajstić information content (AvgIpc) is 2.95. The van der Waals surface area contributed by atoms with Gasteiger partial charge in [-0.1, -0.05) is 0 Å². The first-order valence-electron chi connectivity index (χ1n) is 5.89. The molecule has 3 N–H and O–H groups in total. The van der Waals surface area contributed by atoms with Gasteiger partial charge in [-0.3, -0.25) is 9.48 Å². The van der Waals surface area contributed by atoms with Crippen molar-refractivity contribution in [1.29, 1.82) is 0 Å². The summed E-state index contributed by atoms with van der Waals surface area (Å²) in [4.78, 5) is 22.6. The minimum absolute atomic E-state index is 0.127. The van der Waals surface area contributed by atoms with Crippen LogP contribution in [-0.2, 0) is 23.1 Å². The number of hydrogen-bond donors (Lipinski definition) is 3. The molecule has 104 valence electrons. The number of nitrogens with one attached hydrogen (secondary N) is 2. The molecule has 2 amide bonds. The Labute approximate surface area is 109 Å². The fraction of sp³-hybridized carbons (Fsp3) is 0.545. The van der Waals surface area contributed by atoms with Crippen LogP contribution in [0.1, 0.15) is 5.69 Å². The third-order valence-corrected chi connectivity index (χ3v) is 3.07. The van der Waals surface area contributed by atoms with Crippen molar-refractivity contribution in [3.8, 4) is 0 Å². The molecule has 8 heteroatoms. The number of carbonyl (C=O) groups is 2. The lowest BCUT2D eigenvalue weighted by Crippen LogP contribution is -2.47. The van der Waals surface area contributed by atoms with E-state index in [1.165, 1.54) is 0 Å². The summed E-state index contributed by atoms with van der Waals surface area (Å²) in [5, 5.41) is 18.2. The number of amides is 2. The molecular weight excluding hydrogens is 252 g/mol. The third kappa shape index (κ3) is 3.22. The van der Waals surface area contributed by atoms with Crippen LogP contribution in [0.4, 0.5) is 4.79 Å². The predicted octanol–water partition coefficient (Wildman–Crippen LogP) is -0.681. The fourth-order valence-electron chi connectivity index (χ4n) is 1.90. The van der Waals surface area contributed by atoms with Gasteiger partial charge in [0.1, 0.15) is 5.92 Å². The Balaban J connectivity index is 1.81. The van der Waals surface area contributed by atoms with Gasteiger partial charge in [0.05, 0.1) is 31.5 Å². The van der Waals surface area contributed by atoms with Gasteiger partial charge >= 0.3 is 12.0 Å². The lowest BCUT2D eigenvalue weighted by Gasteiger charge is -2.16. The van der Waals surface area contributed by atoms with E-state index in [0.29, 0.717) is 6.54 Å². The zero-order valence-corrected chi connectivity index (χ0v) is 10.5. The van der Waals surface area contributed by atoms with Crippen LogP contribution in [0.25, 0.3) is 0 Å². The number of aryl methyl sites for hydroxylation is 1. The second kappa shape index (κ2) is 5.70. The van der Waals surface area contributed by atoms with E-state index in [9.17, 15) is 9.59 Å². The summed E-state index contributed by atoms with van der Waals surface area (Å²) in [6.45, 7) is 0.672. The molecule has 2 rings (SSSR count). The van der Waals surface area contributed by atoms with Crippen molar-refractivity contribution in [1.82, 2.24) is 20.4 Å². The van der Waals surface area contributed by atoms with E-state index in [4.69, 9.17) is 9.84 Å². The smallest absolute Gasteiger partial charge is 0.315 e. The van der Waals surface area contributed by atoms with Crippen LogP contribution in [0.2, 0.25) is 0 Å². The molecule has 0 radical (unpaired) electrons. The van der Waals surface area contributed by atoms with Gasteiger partial charge < -0.3 is 20.5 Å². The number of rotatable bonds is 4. The van der Waals surface area contributed by atoms with Crippen molar-refractivity contribution in [2.24, 2.45) is 13.0 Å². The Bertz CT molecular complexity index is 473. The maximum atomic E-state index is 11.7. The van der Waals surface area contributed by atoms with Crippen molar-refractivity contribution in [2.75, 3.05) is 13.2 Å². The van der Waals surface area contributed by atoms with E-state index in [1.54, 1.807) is 24.0 Å². The van der Waals surface area contributed by atoms with Crippen molar-refractivity contribution in [3.05, 3.63) is 18.0 Å². The maximum absolute atomic E-state index is 11.7. The highest BCUT2D eigenvalue weighted by Gasteiger charge is 2.34. The number of hydrogen-bond acceptors (Lipinski definition) is 4. The topological polar surface area (TPSA) is 105 Å². The fourth-order valence-corrected chi connectivity index (χ4v) is 1.90. The van der Waals surface area contributed by atoms with Crippen molar-refractivity contribution in [2.45, 2.75) is 12.6 Å². The highest BCUT2D eigenvalue weighted by molar-refractivity contribution is 5.77. The lowest BCUT2D eigenvalue weighted by atomic mass is 10.0. The molecule has 8 nitrogen and oxygen atoms in total. The summed E-state index contributed by atoms with van der Waals surface area (Å²) in [6, 6.07) is 0.880. The number of carbonyl (C=O) groups excluding carboxylic acids is 1. The highest BCUT2D eigenvalue weighted by Crippen LogP contribution is 2.13. The molecule has 0 spiro atoms. The molecule has 0 aliphatic carbocycles. The maximum Gasteiger partial charge on any atom is 0.315 e. The van der Waals surface area contributed by atoms with Crippen LogP contribution in [0.3, 0.4) is 0 Å². The van der Waals surface area contributed by atoms with E-state index >= 15 is 0 Å². The molecule has 1 fully saturated rings. The molecule has 1 aliphatic heterocycles. The summed E-state index contributed by atoms with van der Waals surface area (Å²) >= 11 is 0. The van der Waals surface area contributed by atoms with Gasteiger partial charge in [0.2, 0.25) is 0 Å². The molecule has 2 heterocycles. The average molecular weight is 268 g/mol. The zero-order chi connectivity index (χ0) is 13.8. The number of carboxylic acids is 1. The van der Waals surface area contributed by atoms with Crippen LogP contribution in [0.15, 0.2) is 12.3 Å². The van der Waals surface area contributed by atoms with Gasteiger partial charge in [-0.2, -0.15) is 5.10 Å². The summed E-state index contributed by atoms with van der Waals surface area (Å²) in [6.07, 6.45) is 1.64. The van der Waals surface area contributed by atoms with E-state index in [1.807, 2.05) is 0 Å². The summed E-state index contributed by atoms with van der Waals surface area (Å²) in [5.74, 6) is -1.66. The largest absolute Gasteiger partial charge is 0.481 e. The summed E-state index contributed by atoms with van der Waals surface area (Å²) in [7, 11) is 1.78. The zero-order valence-electron chi connectivity index (χ0n) is 10.5. The number of aromatic nitrogens is 2. The van der Waals surface area contributed by atoms with Crippen molar-refractivity contribution >= 4 is 12.0 Å². The van der Waals surface area contributed by atoms with Crippen molar-refractivity contribution in [3.63, 3.8) is 0 Å². The highest BCUT2D eigenvalue weighted by atomic mass is 16.5. The Morgan fingerprint density at radius 3 is 3.00 bits per heavy atom. The quantitative estimate of drug-likeness (QED) is 0.671. The van der Waals surface area contributed by atoms with Gasteiger partial charge in [0.15, 0.2) is 0 Å². The van der Waals surface area contributed by atoms with Crippen molar-refractivity contribution < 1.29 is 19.4 Å². The second-order valence-electron chi connectivity index (χ2n) is 4.36. The normalized spacial score (nSPS) is 22.2. The molecule has 19 heavy (non-hydrogen) atoms. The Hall–Kier alpha value is -2.09. The number of aliphatic carboxylic acids is 1. The van der Waals surface area contributed by atoms with Crippen LogP contribution in [-0.4, -0.2) is 46.1 Å². The molecular formula is C11H16N4O4. The Morgan fingerprint density at radius 1 is 1.58 bits per heavy atom. The Kier molecular flexibility index (Phi) is 4.00. The molecule has 0 bridgehead atoms. The van der Waals surface area contributed by atoms with Gasteiger partial charge in [0, 0.05) is 13.2 Å². The standard InChI is InChI=1S/C11H16N4O4/c1-15-7(2-3-13-15)4-12-11(18)14-9-6-19-5-8(9)10(16)17/h2-3,8-9H,4-6H2,1H3,(H,16,17)(H2,12,14,18). The minimum atomic E-state index is -0.963. The van der Waals surface area contributed by atoms with Gasteiger partial charge in [-0.05, 0) is 6.07 Å².